The number of benzene rings is 1. The Morgan fingerprint density at radius 1 is 1.29 bits per heavy atom. The summed E-state index contributed by atoms with van der Waals surface area (Å²) in [6, 6.07) is 7.24. The fourth-order valence-electron chi connectivity index (χ4n) is 3.25. The van der Waals surface area contributed by atoms with Crippen molar-refractivity contribution < 1.29 is 9.53 Å². The van der Waals surface area contributed by atoms with E-state index >= 15 is 0 Å². The normalized spacial score (nSPS) is 20.7. The van der Waals surface area contributed by atoms with Crippen molar-refractivity contribution in [3.05, 3.63) is 29.3 Å². The van der Waals surface area contributed by atoms with Crippen molar-refractivity contribution in [2.24, 2.45) is 5.41 Å². The highest BCUT2D eigenvalue weighted by Crippen LogP contribution is 2.36. The molecular formula is C16H21ClN2O2. The molecule has 4 nitrogen and oxygen atoms in total. The van der Waals surface area contributed by atoms with Crippen molar-refractivity contribution >= 4 is 17.5 Å². The van der Waals surface area contributed by atoms with Gasteiger partial charge in [0.2, 0.25) is 0 Å². The Morgan fingerprint density at radius 3 is 2.71 bits per heavy atom. The number of nitrogens with one attached hydrogen (secondary N) is 1. The van der Waals surface area contributed by atoms with Gasteiger partial charge in [-0.05, 0) is 43.4 Å². The van der Waals surface area contributed by atoms with E-state index in [4.69, 9.17) is 16.3 Å². The Hall–Kier alpha value is -1.26. The minimum Gasteiger partial charge on any atom is -0.482 e. The van der Waals surface area contributed by atoms with E-state index in [2.05, 4.69) is 5.32 Å². The maximum Gasteiger partial charge on any atom is 0.260 e. The molecule has 2 aliphatic rings. The van der Waals surface area contributed by atoms with Gasteiger partial charge in [-0.25, -0.2) is 0 Å². The van der Waals surface area contributed by atoms with Crippen molar-refractivity contribution in [1.82, 2.24) is 10.2 Å². The van der Waals surface area contributed by atoms with Crippen LogP contribution in [-0.2, 0) is 4.79 Å². The highest BCUT2D eigenvalue weighted by molar-refractivity contribution is 6.32. The lowest BCUT2D eigenvalue weighted by molar-refractivity contribution is -0.135. The second-order valence-corrected chi connectivity index (χ2v) is 6.43. The van der Waals surface area contributed by atoms with Gasteiger partial charge in [-0.3, -0.25) is 4.79 Å². The number of halogens is 1. The van der Waals surface area contributed by atoms with Crippen molar-refractivity contribution in [1.29, 1.82) is 0 Å². The van der Waals surface area contributed by atoms with Gasteiger partial charge in [0, 0.05) is 19.6 Å². The largest absolute Gasteiger partial charge is 0.482 e. The molecule has 0 bridgehead atoms. The third-order valence-electron chi connectivity index (χ3n) is 4.70. The van der Waals surface area contributed by atoms with Crippen molar-refractivity contribution in [3.8, 4) is 5.75 Å². The molecule has 0 aliphatic carbocycles. The van der Waals surface area contributed by atoms with Crippen LogP contribution in [0, 0.1) is 5.41 Å². The van der Waals surface area contributed by atoms with Crippen molar-refractivity contribution in [3.63, 3.8) is 0 Å². The van der Waals surface area contributed by atoms with Gasteiger partial charge in [0.15, 0.2) is 6.61 Å². The molecule has 114 valence electrons. The summed E-state index contributed by atoms with van der Waals surface area (Å²) in [5, 5.41) is 3.98. The third kappa shape index (κ3) is 3.33. The van der Waals surface area contributed by atoms with E-state index in [0.717, 1.165) is 39.0 Å². The molecule has 5 heteroatoms. The van der Waals surface area contributed by atoms with Crippen LogP contribution in [0.1, 0.15) is 19.3 Å². The average Bonchev–Trinajstić information content (AvgIpc) is 2.95. The predicted octanol–water partition coefficient (Wildman–Crippen LogP) is 2.32. The number of nitrogens with zero attached hydrogens (tertiary/aromatic N) is 1. The van der Waals surface area contributed by atoms with E-state index in [-0.39, 0.29) is 12.5 Å². The number of hydrogen-bond acceptors (Lipinski definition) is 3. The van der Waals surface area contributed by atoms with Crippen LogP contribution in [0.15, 0.2) is 24.3 Å². The molecular weight excluding hydrogens is 288 g/mol. The first-order chi connectivity index (χ1) is 10.2. The van der Waals surface area contributed by atoms with E-state index in [1.807, 2.05) is 17.0 Å². The second-order valence-electron chi connectivity index (χ2n) is 6.03. The first-order valence-corrected chi connectivity index (χ1v) is 7.92. The first-order valence-electron chi connectivity index (χ1n) is 7.54. The van der Waals surface area contributed by atoms with Crippen LogP contribution in [-0.4, -0.2) is 43.6 Å². The molecule has 1 spiro atoms. The molecule has 3 rings (SSSR count). The minimum atomic E-state index is 0.0516. The fourth-order valence-corrected chi connectivity index (χ4v) is 3.44. The van der Waals surface area contributed by atoms with Crippen LogP contribution in [0.4, 0.5) is 0 Å². The zero-order chi connectivity index (χ0) is 14.7. The van der Waals surface area contributed by atoms with Crippen molar-refractivity contribution in [2.75, 3.05) is 32.8 Å². The fraction of sp³-hybridized carbons (Fsp3) is 0.562. The third-order valence-corrected chi connectivity index (χ3v) is 5.01. The van der Waals surface area contributed by atoms with Crippen LogP contribution in [0.2, 0.25) is 5.02 Å². The Balaban J connectivity index is 1.49. The zero-order valence-corrected chi connectivity index (χ0v) is 12.9. The lowest BCUT2D eigenvalue weighted by atomic mass is 9.78. The van der Waals surface area contributed by atoms with Crippen LogP contribution >= 0.6 is 11.6 Å². The summed E-state index contributed by atoms with van der Waals surface area (Å²) in [6.45, 7) is 3.96. The quantitative estimate of drug-likeness (QED) is 0.932. The van der Waals surface area contributed by atoms with Gasteiger partial charge in [-0.15, -0.1) is 0 Å². The van der Waals surface area contributed by atoms with Gasteiger partial charge in [-0.2, -0.15) is 0 Å². The standard InChI is InChI=1S/C16H21ClN2O2/c17-13-3-1-2-4-14(13)21-11-15(20)19-9-6-16(7-10-19)5-8-18-12-16/h1-4,18H,5-12H2. The van der Waals surface area contributed by atoms with Gasteiger partial charge in [0.05, 0.1) is 5.02 Å². The smallest absolute Gasteiger partial charge is 0.260 e. The number of para-hydroxylation sites is 1. The molecule has 0 aromatic heterocycles. The highest BCUT2D eigenvalue weighted by Gasteiger charge is 2.37. The lowest BCUT2D eigenvalue weighted by Crippen LogP contribution is -2.45. The van der Waals surface area contributed by atoms with Gasteiger partial charge >= 0.3 is 0 Å². The summed E-state index contributed by atoms with van der Waals surface area (Å²) in [5.41, 5.74) is 0.431. The number of likely N-dealkylation sites (tertiary alicyclic amines) is 1. The van der Waals surface area contributed by atoms with E-state index in [1.54, 1.807) is 12.1 Å². The molecule has 21 heavy (non-hydrogen) atoms. The van der Waals surface area contributed by atoms with E-state index < -0.39 is 0 Å². The Bertz CT molecular complexity index is 505. The Kier molecular flexibility index (Phi) is 4.36. The molecule has 2 aliphatic heterocycles. The van der Waals surface area contributed by atoms with Crippen LogP contribution in [0.5, 0.6) is 5.75 Å². The number of rotatable bonds is 3. The van der Waals surface area contributed by atoms with Crippen molar-refractivity contribution in [2.45, 2.75) is 19.3 Å². The summed E-state index contributed by atoms with van der Waals surface area (Å²) in [6.07, 6.45) is 3.43. The maximum absolute atomic E-state index is 12.2. The van der Waals surface area contributed by atoms with Gasteiger partial charge in [-0.1, -0.05) is 23.7 Å². The van der Waals surface area contributed by atoms with E-state index in [9.17, 15) is 4.79 Å². The zero-order valence-electron chi connectivity index (χ0n) is 12.1. The SMILES string of the molecule is O=C(COc1ccccc1Cl)N1CCC2(CCNC2)CC1. The number of hydrogen-bond donors (Lipinski definition) is 1. The first kappa shape index (κ1) is 14.7. The molecule has 2 saturated heterocycles. The lowest BCUT2D eigenvalue weighted by Gasteiger charge is -2.38. The van der Waals surface area contributed by atoms with Gasteiger partial charge in [0.1, 0.15) is 5.75 Å². The summed E-state index contributed by atoms with van der Waals surface area (Å²) >= 11 is 6.02. The maximum atomic E-state index is 12.2. The van der Waals surface area contributed by atoms with Gasteiger partial charge in [0.25, 0.3) is 5.91 Å². The molecule has 1 N–H and O–H groups in total. The Morgan fingerprint density at radius 2 is 2.05 bits per heavy atom. The van der Waals surface area contributed by atoms with Crippen LogP contribution in [0.25, 0.3) is 0 Å². The molecule has 2 heterocycles. The molecule has 1 aromatic carbocycles. The highest BCUT2D eigenvalue weighted by atomic mass is 35.5. The topological polar surface area (TPSA) is 41.6 Å². The molecule has 1 amide bonds. The van der Waals surface area contributed by atoms with Gasteiger partial charge < -0.3 is 15.0 Å². The molecule has 0 saturated carbocycles. The molecule has 0 unspecified atom stereocenters. The van der Waals surface area contributed by atoms with Crippen LogP contribution in [0.3, 0.4) is 0 Å². The summed E-state index contributed by atoms with van der Waals surface area (Å²) in [5.74, 6) is 0.622. The summed E-state index contributed by atoms with van der Waals surface area (Å²) in [7, 11) is 0. The summed E-state index contributed by atoms with van der Waals surface area (Å²) < 4.78 is 5.53. The number of carbonyl (C=O) groups is 1. The van der Waals surface area contributed by atoms with Crippen LogP contribution < -0.4 is 10.1 Å². The minimum absolute atomic E-state index is 0.0516. The second kappa shape index (κ2) is 6.24. The molecule has 1 aromatic rings. The Labute approximate surface area is 130 Å². The van der Waals surface area contributed by atoms with E-state index in [1.165, 1.54) is 6.42 Å². The number of amides is 1. The molecule has 0 atom stereocenters. The monoisotopic (exact) mass is 308 g/mol. The predicted molar refractivity (Wildman–Crippen MR) is 82.7 cm³/mol. The molecule has 0 radical (unpaired) electrons. The molecule has 2 fully saturated rings. The number of piperidine rings is 1. The number of ether oxygens (including phenoxy) is 1. The number of carbonyl (C=O) groups excluding carboxylic acids is 1. The summed E-state index contributed by atoms with van der Waals surface area (Å²) in [4.78, 5) is 14.1. The average molecular weight is 309 g/mol. The van der Waals surface area contributed by atoms with E-state index in [0.29, 0.717) is 16.2 Å².